The summed E-state index contributed by atoms with van der Waals surface area (Å²) in [6.45, 7) is 0. The average Bonchev–Trinajstić information content (AvgIpc) is 3.09. The number of phenolic OH excluding ortho intramolecular Hbond substituents is 1. The van der Waals surface area contributed by atoms with Crippen LogP contribution in [-0.4, -0.2) is 10.3 Å². The monoisotopic (exact) mass is 401 g/mol. The molecule has 0 amide bonds. The van der Waals surface area contributed by atoms with Gasteiger partial charge in [-0.25, -0.2) is 13.2 Å². The van der Waals surface area contributed by atoms with Gasteiger partial charge in [0.2, 0.25) is 0 Å². The SMILES string of the molecule is Oc1ccc(-c2onc(-c3c(F)cccc3Cl)c2-c2cccc(F)c2F)cc1. The molecule has 0 spiro atoms. The van der Waals surface area contributed by atoms with E-state index >= 15 is 0 Å². The molecule has 4 aromatic rings. The van der Waals surface area contributed by atoms with Gasteiger partial charge in [0.1, 0.15) is 17.3 Å². The van der Waals surface area contributed by atoms with Crippen LogP contribution in [0, 0.1) is 17.5 Å². The predicted molar refractivity (Wildman–Crippen MR) is 99.4 cm³/mol. The molecule has 3 aromatic carbocycles. The van der Waals surface area contributed by atoms with Crippen molar-refractivity contribution in [1.29, 1.82) is 0 Å². The fraction of sp³-hybridized carbons (Fsp3) is 0. The molecule has 0 unspecified atom stereocenters. The van der Waals surface area contributed by atoms with Gasteiger partial charge in [-0.1, -0.05) is 35.0 Å². The summed E-state index contributed by atoms with van der Waals surface area (Å²) in [5.74, 6) is -2.78. The van der Waals surface area contributed by atoms with Gasteiger partial charge < -0.3 is 9.63 Å². The maximum atomic E-state index is 14.6. The van der Waals surface area contributed by atoms with Crippen LogP contribution >= 0.6 is 11.6 Å². The Hall–Kier alpha value is -3.25. The Morgan fingerprint density at radius 1 is 0.821 bits per heavy atom. The first-order chi connectivity index (χ1) is 13.5. The summed E-state index contributed by atoms with van der Waals surface area (Å²) in [5, 5.41) is 13.5. The quantitative estimate of drug-likeness (QED) is 0.429. The summed E-state index contributed by atoms with van der Waals surface area (Å²) in [6, 6.07) is 13.5. The molecular formula is C21H11ClF3NO2. The standard InChI is InChI=1S/C21H11ClF3NO2/c22-14-4-2-5-15(23)18(14)20-17(13-3-1-6-16(24)19(13)25)21(28-26-20)11-7-9-12(27)10-8-11/h1-10,27H. The summed E-state index contributed by atoms with van der Waals surface area (Å²) in [7, 11) is 0. The van der Waals surface area contributed by atoms with Crippen LogP contribution in [0.5, 0.6) is 5.75 Å². The van der Waals surface area contributed by atoms with Gasteiger partial charge in [0, 0.05) is 11.1 Å². The highest BCUT2D eigenvalue weighted by atomic mass is 35.5. The van der Waals surface area contributed by atoms with Gasteiger partial charge in [-0.05, 0) is 42.5 Å². The fourth-order valence-corrected chi connectivity index (χ4v) is 3.19. The lowest BCUT2D eigenvalue weighted by Gasteiger charge is -2.09. The van der Waals surface area contributed by atoms with E-state index in [1.54, 1.807) is 0 Å². The Kier molecular flexibility index (Phi) is 4.57. The van der Waals surface area contributed by atoms with Crippen LogP contribution in [0.1, 0.15) is 0 Å². The van der Waals surface area contributed by atoms with E-state index in [4.69, 9.17) is 16.1 Å². The van der Waals surface area contributed by atoms with E-state index in [0.29, 0.717) is 5.56 Å². The van der Waals surface area contributed by atoms with Crippen molar-refractivity contribution < 1.29 is 22.8 Å². The van der Waals surface area contributed by atoms with Crippen molar-refractivity contribution in [2.75, 3.05) is 0 Å². The normalized spacial score (nSPS) is 11.0. The van der Waals surface area contributed by atoms with Crippen molar-refractivity contribution >= 4 is 11.6 Å². The van der Waals surface area contributed by atoms with E-state index < -0.39 is 17.5 Å². The maximum Gasteiger partial charge on any atom is 0.175 e. The molecule has 1 aromatic heterocycles. The lowest BCUT2D eigenvalue weighted by Crippen LogP contribution is -1.94. The highest BCUT2D eigenvalue weighted by Gasteiger charge is 2.27. The molecule has 4 rings (SSSR count). The van der Waals surface area contributed by atoms with Gasteiger partial charge in [-0.15, -0.1) is 0 Å². The van der Waals surface area contributed by atoms with Crippen molar-refractivity contribution in [3.05, 3.63) is 83.1 Å². The number of halogens is 4. The van der Waals surface area contributed by atoms with Crippen LogP contribution < -0.4 is 0 Å². The Morgan fingerprint density at radius 3 is 2.21 bits per heavy atom. The third-order valence-corrected chi connectivity index (χ3v) is 4.56. The highest BCUT2D eigenvalue weighted by Crippen LogP contribution is 2.44. The minimum atomic E-state index is -1.13. The number of hydrogen-bond donors (Lipinski definition) is 1. The molecule has 0 saturated heterocycles. The number of aromatic hydroxyl groups is 1. The van der Waals surface area contributed by atoms with Crippen LogP contribution in [0.3, 0.4) is 0 Å². The summed E-state index contributed by atoms with van der Waals surface area (Å²) >= 11 is 6.15. The Labute approximate surface area is 162 Å². The second-order valence-electron chi connectivity index (χ2n) is 5.98. The molecule has 0 bridgehead atoms. The molecule has 0 atom stereocenters. The van der Waals surface area contributed by atoms with Gasteiger partial charge in [0.05, 0.1) is 16.1 Å². The van der Waals surface area contributed by atoms with E-state index in [1.807, 2.05) is 0 Å². The fourth-order valence-electron chi connectivity index (χ4n) is 2.94. The summed E-state index contributed by atoms with van der Waals surface area (Å²) in [5.41, 5.74) is 0.184. The number of rotatable bonds is 3. The van der Waals surface area contributed by atoms with Gasteiger partial charge in [0.15, 0.2) is 17.4 Å². The van der Waals surface area contributed by atoms with Gasteiger partial charge in [-0.3, -0.25) is 0 Å². The Morgan fingerprint density at radius 2 is 1.50 bits per heavy atom. The Bertz CT molecular complexity index is 1150. The molecule has 0 radical (unpaired) electrons. The van der Waals surface area contributed by atoms with E-state index in [1.165, 1.54) is 54.6 Å². The van der Waals surface area contributed by atoms with Crippen LogP contribution in [0.4, 0.5) is 13.2 Å². The molecule has 28 heavy (non-hydrogen) atoms. The zero-order chi connectivity index (χ0) is 19.8. The molecule has 0 aliphatic heterocycles. The van der Waals surface area contributed by atoms with E-state index in [-0.39, 0.29) is 38.9 Å². The van der Waals surface area contributed by atoms with Crippen LogP contribution in [0.2, 0.25) is 5.02 Å². The molecule has 0 aliphatic rings. The summed E-state index contributed by atoms with van der Waals surface area (Å²) < 4.78 is 48.4. The first kappa shape index (κ1) is 18.1. The van der Waals surface area contributed by atoms with Crippen molar-refractivity contribution in [3.63, 3.8) is 0 Å². The molecule has 140 valence electrons. The van der Waals surface area contributed by atoms with Gasteiger partial charge in [-0.2, -0.15) is 0 Å². The van der Waals surface area contributed by atoms with E-state index in [9.17, 15) is 18.3 Å². The second-order valence-corrected chi connectivity index (χ2v) is 6.39. The van der Waals surface area contributed by atoms with Crippen molar-refractivity contribution in [3.8, 4) is 39.5 Å². The first-order valence-electron chi connectivity index (χ1n) is 8.15. The zero-order valence-electron chi connectivity index (χ0n) is 14.1. The number of benzene rings is 3. The molecule has 1 heterocycles. The van der Waals surface area contributed by atoms with E-state index in [0.717, 1.165) is 6.07 Å². The minimum absolute atomic E-state index is 0.0131. The molecular weight excluding hydrogens is 391 g/mol. The van der Waals surface area contributed by atoms with Crippen LogP contribution in [-0.2, 0) is 0 Å². The topological polar surface area (TPSA) is 46.3 Å². The smallest absolute Gasteiger partial charge is 0.175 e. The van der Waals surface area contributed by atoms with Crippen LogP contribution in [0.15, 0.2) is 65.2 Å². The Balaban J connectivity index is 2.06. The molecule has 0 saturated carbocycles. The lowest BCUT2D eigenvalue weighted by atomic mass is 9.95. The second kappa shape index (κ2) is 7.05. The predicted octanol–water partition coefficient (Wildman–Crippen LogP) is 6.45. The number of aromatic nitrogens is 1. The van der Waals surface area contributed by atoms with Crippen molar-refractivity contribution in [2.45, 2.75) is 0 Å². The first-order valence-corrected chi connectivity index (χ1v) is 8.53. The third kappa shape index (κ3) is 3.01. The molecule has 1 N–H and O–H groups in total. The summed E-state index contributed by atoms with van der Waals surface area (Å²) in [6.07, 6.45) is 0. The maximum absolute atomic E-state index is 14.6. The summed E-state index contributed by atoms with van der Waals surface area (Å²) in [4.78, 5) is 0. The lowest BCUT2D eigenvalue weighted by molar-refractivity contribution is 0.434. The molecule has 7 heteroatoms. The highest BCUT2D eigenvalue weighted by molar-refractivity contribution is 6.33. The van der Waals surface area contributed by atoms with Crippen LogP contribution in [0.25, 0.3) is 33.7 Å². The number of nitrogens with zero attached hydrogens (tertiary/aromatic N) is 1. The number of phenols is 1. The molecule has 0 fully saturated rings. The third-order valence-electron chi connectivity index (χ3n) is 4.24. The average molecular weight is 402 g/mol. The van der Waals surface area contributed by atoms with Gasteiger partial charge in [0.25, 0.3) is 0 Å². The van der Waals surface area contributed by atoms with Crippen molar-refractivity contribution in [1.82, 2.24) is 5.16 Å². The number of hydrogen-bond acceptors (Lipinski definition) is 3. The minimum Gasteiger partial charge on any atom is -0.508 e. The van der Waals surface area contributed by atoms with E-state index in [2.05, 4.69) is 5.16 Å². The van der Waals surface area contributed by atoms with Crippen molar-refractivity contribution in [2.24, 2.45) is 0 Å². The largest absolute Gasteiger partial charge is 0.508 e. The molecule has 3 nitrogen and oxygen atoms in total. The zero-order valence-corrected chi connectivity index (χ0v) is 14.8. The van der Waals surface area contributed by atoms with Gasteiger partial charge >= 0.3 is 0 Å². The molecule has 0 aliphatic carbocycles.